The maximum Gasteiger partial charge on any atom is 0.407 e. The van der Waals surface area contributed by atoms with E-state index in [0.29, 0.717) is 18.1 Å². The van der Waals surface area contributed by atoms with Crippen LogP contribution in [0.2, 0.25) is 0 Å². The van der Waals surface area contributed by atoms with Gasteiger partial charge in [-0.3, -0.25) is 15.6 Å². The molecule has 7 nitrogen and oxygen atoms in total. The van der Waals surface area contributed by atoms with Crippen LogP contribution in [-0.4, -0.2) is 36.3 Å². The van der Waals surface area contributed by atoms with E-state index >= 15 is 0 Å². The third-order valence-electron chi connectivity index (χ3n) is 5.87. The molecule has 35 heavy (non-hydrogen) atoms. The lowest BCUT2D eigenvalue weighted by molar-refractivity contribution is -0.123. The molecule has 3 aromatic rings. The highest BCUT2D eigenvalue weighted by molar-refractivity contribution is 7.80. The van der Waals surface area contributed by atoms with Gasteiger partial charge in [-0.15, -0.1) is 0 Å². The van der Waals surface area contributed by atoms with Gasteiger partial charge in [0, 0.05) is 18.9 Å². The Bertz CT molecular complexity index is 1160. The summed E-state index contributed by atoms with van der Waals surface area (Å²) in [6.45, 7) is 2.68. The second kappa shape index (κ2) is 11.5. The van der Waals surface area contributed by atoms with Gasteiger partial charge in [0.1, 0.15) is 12.6 Å². The molecule has 1 atom stereocenters. The van der Waals surface area contributed by atoms with Gasteiger partial charge in [-0.1, -0.05) is 78.9 Å². The maximum absolute atomic E-state index is 12.8. The molecule has 1 aliphatic rings. The predicted molar refractivity (Wildman–Crippen MR) is 140 cm³/mol. The predicted octanol–water partition coefficient (Wildman–Crippen LogP) is 3.65. The molecule has 0 bridgehead atoms. The molecule has 1 aliphatic carbocycles. The number of hydrogen-bond donors (Lipinski definition) is 4. The van der Waals surface area contributed by atoms with Gasteiger partial charge in [0.15, 0.2) is 5.11 Å². The summed E-state index contributed by atoms with van der Waals surface area (Å²) in [5, 5.41) is 5.90. The van der Waals surface area contributed by atoms with Crippen LogP contribution in [0.1, 0.15) is 29.5 Å². The fourth-order valence-electron chi connectivity index (χ4n) is 4.25. The average Bonchev–Trinajstić information content (AvgIpc) is 3.20. The fraction of sp³-hybridized carbons (Fsp3) is 0.222. The third-order valence-corrected chi connectivity index (χ3v) is 6.12. The Balaban J connectivity index is 1.42. The largest absolute Gasteiger partial charge is 0.449 e. The molecule has 3 aromatic carbocycles. The first-order chi connectivity index (χ1) is 17.1. The van der Waals surface area contributed by atoms with Crippen LogP contribution in [0, 0.1) is 0 Å². The van der Waals surface area contributed by atoms with Crippen molar-refractivity contribution >= 4 is 29.3 Å². The first-order valence-electron chi connectivity index (χ1n) is 11.6. The Labute approximate surface area is 210 Å². The van der Waals surface area contributed by atoms with Crippen LogP contribution in [0.4, 0.5) is 4.79 Å². The molecule has 0 radical (unpaired) electrons. The summed E-state index contributed by atoms with van der Waals surface area (Å²) in [5.41, 5.74) is 10.7. The van der Waals surface area contributed by atoms with Crippen molar-refractivity contribution in [1.82, 2.24) is 21.5 Å². The number of hydrogen-bond acceptors (Lipinski definition) is 4. The lowest BCUT2D eigenvalue weighted by Gasteiger charge is -2.20. The number of benzene rings is 3. The summed E-state index contributed by atoms with van der Waals surface area (Å²) in [5.74, 6) is -0.490. The van der Waals surface area contributed by atoms with E-state index in [2.05, 4.69) is 45.8 Å². The van der Waals surface area contributed by atoms with E-state index in [1.165, 1.54) is 0 Å². The number of carbonyl (C=O) groups excluding carboxylic acids is 2. The average molecular weight is 489 g/mol. The van der Waals surface area contributed by atoms with Gasteiger partial charge in [-0.2, -0.15) is 0 Å². The van der Waals surface area contributed by atoms with Gasteiger partial charge in [0.25, 0.3) is 5.91 Å². The monoisotopic (exact) mass is 488 g/mol. The molecule has 0 saturated heterocycles. The third kappa shape index (κ3) is 5.96. The van der Waals surface area contributed by atoms with Gasteiger partial charge in [-0.05, 0) is 47.0 Å². The highest BCUT2D eigenvalue weighted by atomic mass is 32.1. The van der Waals surface area contributed by atoms with Crippen LogP contribution >= 0.6 is 12.2 Å². The minimum Gasteiger partial charge on any atom is -0.449 e. The van der Waals surface area contributed by atoms with Gasteiger partial charge >= 0.3 is 6.09 Å². The molecule has 4 rings (SSSR count). The van der Waals surface area contributed by atoms with E-state index in [9.17, 15) is 9.59 Å². The molecule has 180 valence electrons. The summed E-state index contributed by atoms with van der Waals surface area (Å²) >= 11 is 5.09. The standard InChI is InChI=1S/C27H28N4O3S/c1-2-28-26(35)31-30-25(32)24(16-18-10-4-3-5-11-18)29-27(33)34-17-23-21-14-8-6-12-19(21)20-13-7-9-15-22(20)23/h3-15,23-24H,2,16-17H2,1H3,(H,29,33)(H,30,32)(H2,28,31,35). The second-order valence-corrected chi connectivity index (χ2v) is 8.59. The minimum absolute atomic E-state index is 0.0614. The molecule has 1 unspecified atom stereocenters. The van der Waals surface area contributed by atoms with E-state index in [-0.39, 0.29) is 12.5 Å². The molecule has 2 amide bonds. The fourth-order valence-corrected chi connectivity index (χ4v) is 4.45. The highest BCUT2D eigenvalue weighted by Gasteiger charge is 2.30. The van der Waals surface area contributed by atoms with Gasteiger partial charge < -0.3 is 15.4 Å². The van der Waals surface area contributed by atoms with Crippen LogP contribution in [-0.2, 0) is 16.0 Å². The lowest BCUT2D eigenvalue weighted by atomic mass is 9.98. The maximum atomic E-state index is 12.8. The molecular formula is C27H28N4O3S. The van der Waals surface area contributed by atoms with Gasteiger partial charge in [0.2, 0.25) is 0 Å². The van der Waals surface area contributed by atoms with Gasteiger partial charge in [-0.25, -0.2) is 4.79 Å². The van der Waals surface area contributed by atoms with E-state index in [1.54, 1.807) is 0 Å². The Morgan fingerprint density at radius 1 is 0.886 bits per heavy atom. The van der Waals surface area contributed by atoms with Crippen LogP contribution in [0.5, 0.6) is 0 Å². The zero-order chi connectivity index (χ0) is 24.6. The first-order valence-corrected chi connectivity index (χ1v) is 12.0. The van der Waals surface area contributed by atoms with Crippen molar-refractivity contribution in [2.24, 2.45) is 0 Å². The van der Waals surface area contributed by atoms with Crippen molar-refractivity contribution < 1.29 is 14.3 Å². The molecule has 4 N–H and O–H groups in total. The smallest absolute Gasteiger partial charge is 0.407 e. The van der Waals surface area contributed by atoms with E-state index in [0.717, 1.165) is 27.8 Å². The van der Waals surface area contributed by atoms with E-state index in [4.69, 9.17) is 17.0 Å². The van der Waals surface area contributed by atoms with Crippen molar-refractivity contribution in [3.05, 3.63) is 95.6 Å². The normalized spacial score (nSPS) is 12.6. The number of hydrazine groups is 1. The minimum atomic E-state index is -0.857. The molecule has 0 aromatic heterocycles. The number of fused-ring (bicyclic) bond motifs is 3. The van der Waals surface area contributed by atoms with Crippen molar-refractivity contribution in [3.63, 3.8) is 0 Å². The van der Waals surface area contributed by atoms with Crippen molar-refractivity contribution in [3.8, 4) is 11.1 Å². The van der Waals surface area contributed by atoms with Crippen molar-refractivity contribution in [2.45, 2.75) is 25.3 Å². The van der Waals surface area contributed by atoms with Gasteiger partial charge in [0.05, 0.1) is 0 Å². The van der Waals surface area contributed by atoms with E-state index < -0.39 is 18.0 Å². The Morgan fingerprint density at radius 2 is 1.49 bits per heavy atom. The molecular weight excluding hydrogens is 460 g/mol. The first kappa shape index (κ1) is 24.2. The summed E-state index contributed by atoms with van der Waals surface area (Å²) in [7, 11) is 0. The topological polar surface area (TPSA) is 91.5 Å². The molecule has 0 fully saturated rings. The van der Waals surface area contributed by atoms with Crippen molar-refractivity contribution in [1.29, 1.82) is 0 Å². The van der Waals surface area contributed by atoms with Crippen LogP contribution in [0.15, 0.2) is 78.9 Å². The van der Waals surface area contributed by atoms with Crippen LogP contribution in [0.3, 0.4) is 0 Å². The summed E-state index contributed by atoms with van der Waals surface area (Å²) in [4.78, 5) is 25.6. The highest BCUT2D eigenvalue weighted by Crippen LogP contribution is 2.44. The number of carbonyl (C=O) groups is 2. The Morgan fingerprint density at radius 3 is 2.11 bits per heavy atom. The number of rotatable bonds is 7. The molecule has 0 saturated carbocycles. The van der Waals surface area contributed by atoms with Crippen LogP contribution in [0.25, 0.3) is 11.1 Å². The number of thiocarbonyl (C=S) groups is 1. The second-order valence-electron chi connectivity index (χ2n) is 8.19. The Hall–Kier alpha value is -3.91. The zero-order valence-corrected chi connectivity index (χ0v) is 20.2. The summed E-state index contributed by atoms with van der Waals surface area (Å²) in [6, 6.07) is 24.9. The molecule has 8 heteroatoms. The summed E-state index contributed by atoms with van der Waals surface area (Å²) in [6.07, 6.45) is -0.357. The quantitative estimate of drug-likeness (QED) is 0.300. The number of alkyl carbamates (subject to hydrolysis) is 1. The summed E-state index contributed by atoms with van der Waals surface area (Å²) < 4.78 is 5.63. The number of amides is 2. The SMILES string of the molecule is CCNC(=S)NNC(=O)C(Cc1ccccc1)NC(=O)OCC1c2ccccc2-c2ccccc21. The zero-order valence-electron chi connectivity index (χ0n) is 19.4. The molecule has 0 spiro atoms. The van der Waals surface area contributed by atoms with Crippen LogP contribution < -0.4 is 21.5 Å². The van der Waals surface area contributed by atoms with E-state index in [1.807, 2.05) is 61.5 Å². The lowest BCUT2D eigenvalue weighted by Crippen LogP contribution is -2.55. The van der Waals surface area contributed by atoms with Crippen molar-refractivity contribution in [2.75, 3.05) is 13.2 Å². The number of nitrogens with one attached hydrogen (secondary N) is 4. The molecule has 0 aliphatic heterocycles. The number of ether oxygens (including phenoxy) is 1. The Kier molecular flexibility index (Phi) is 7.95. The molecule has 0 heterocycles.